The van der Waals surface area contributed by atoms with Gasteiger partial charge in [0.2, 0.25) is 0 Å². The molecule has 0 unspecified atom stereocenters. The molecule has 0 bridgehead atoms. The van der Waals surface area contributed by atoms with Gasteiger partial charge in [0.1, 0.15) is 6.26 Å². The third-order valence-corrected chi connectivity index (χ3v) is 5.96. The van der Waals surface area contributed by atoms with Crippen molar-refractivity contribution in [1.29, 1.82) is 0 Å². The van der Waals surface area contributed by atoms with Gasteiger partial charge in [-0.3, -0.25) is 4.79 Å². The zero-order valence-electron chi connectivity index (χ0n) is 15.2. The highest BCUT2D eigenvalue weighted by atomic mass is 35.5. The van der Waals surface area contributed by atoms with Crippen molar-refractivity contribution in [3.63, 3.8) is 0 Å². The van der Waals surface area contributed by atoms with Crippen LogP contribution < -0.4 is 16.0 Å². The van der Waals surface area contributed by atoms with E-state index in [1.165, 1.54) is 6.26 Å². The topological polar surface area (TPSA) is 101 Å². The quantitative estimate of drug-likeness (QED) is 0.671. The molecule has 0 atom stereocenters. The molecule has 0 saturated carbocycles. The van der Waals surface area contributed by atoms with E-state index >= 15 is 0 Å². The van der Waals surface area contributed by atoms with Crippen LogP contribution in [0.2, 0.25) is 5.02 Å². The van der Waals surface area contributed by atoms with Crippen LogP contribution in [0.1, 0.15) is 10.5 Å². The molecule has 8 nitrogen and oxygen atoms in total. The Hall–Kier alpha value is -2.62. The van der Waals surface area contributed by atoms with E-state index in [4.69, 9.17) is 21.8 Å². The Kier molecular flexibility index (Phi) is 5.21. The van der Waals surface area contributed by atoms with Gasteiger partial charge in [-0.05, 0) is 24.7 Å². The van der Waals surface area contributed by atoms with Gasteiger partial charge in [0.05, 0.1) is 15.6 Å². The molecule has 1 amide bonds. The minimum absolute atomic E-state index is 0.0638. The van der Waals surface area contributed by atoms with Crippen molar-refractivity contribution < 1.29 is 9.21 Å². The van der Waals surface area contributed by atoms with Crippen molar-refractivity contribution in [3.05, 3.63) is 41.4 Å². The van der Waals surface area contributed by atoms with Crippen LogP contribution in [0.3, 0.4) is 0 Å². The number of hydrogen-bond donors (Lipinski definition) is 2. The molecule has 3 N–H and O–H groups in total. The highest BCUT2D eigenvalue weighted by Gasteiger charge is 2.18. The predicted molar refractivity (Wildman–Crippen MR) is 111 cm³/mol. The number of carbonyl (C=O) groups excluding carboxylic acids is 1. The smallest absolute Gasteiger partial charge is 0.292 e. The molecule has 0 aliphatic carbocycles. The van der Waals surface area contributed by atoms with Crippen molar-refractivity contribution in [2.45, 2.75) is 0 Å². The van der Waals surface area contributed by atoms with E-state index in [0.717, 1.165) is 41.8 Å². The molecule has 28 heavy (non-hydrogen) atoms. The van der Waals surface area contributed by atoms with Crippen LogP contribution in [0, 0.1) is 0 Å². The molecule has 1 aliphatic rings. The normalized spacial score (nSPS) is 15.0. The van der Waals surface area contributed by atoms with Gasteiger partial charge in [0.25, 0.3) is 11.9 Å². The van der Waals surface area contributed by atoms with Crippen LogP contribution in [0.5, 0.6) is 0 Å². The number of amides is 1. The molecule has 10 heteroatoms. The molecule has 4 rings (SSSR count). The second-order valence-electron chi connectivity index (χ2n) is 6.52. The largest absolute Gasteiger partial charge is 0.431 e. The summed E-state index contributed by atoms with van der Waals surface area (Å²) in [6.07, 6.45) is 3.05. The summed E-state index contributed by atoms with van der Waals surface area (Å²) in [7, 11) is 2.13. The minimum Gasteiger partial charge on any atom is -0.431 e. The first kappa shape index (κ1) is 18.7. The SMILES string of the molecule is CN1CCN(c2ncc(-c3ccc(Cl)c(NC(=O)c4coc(N)n4)c3)s2)CC1. The van der Waals surface area contributed by atoms with Crippen LogP contribution in [-0.4, -0.2) is 54.0 Å². The molecule has 1 fully saturated rings. The number of oxazole rings is 1. The third-order valence-electron chi connectivity index (χ3n) is 4.52. The molecular weight excluding hydrogens is 400 g/mol. The van der Waals surface area contributed by atoms with Gasteiger partial charge >= 0.3 is 0 Å². The lowest BCUT2D eigenvalue weighted by Crippen LogP contribution is -2.44. The van der Waals surface area contributed by atoms with E-state index in [9.17, 15) is 4.79 Å². The highest BCUT2D eigenvalue weighted by molar-refractivity contribution is 7.18. The molecule has 146 valence electrons. The molecule has 0 radical (unpaired) electrons. The lowest BCUT2D eigenvalue weighted by Gasteiger charge is -2.32. The first-order chi connectivity index (χ1) is 13.5. The predicted octanol–water partition coefficient (Wildman–Crippen LogP) is 3.04. The van der Waals surface area contributed by atoms with E-state index in [-0.39, 0.29) is 11.7 Å². The second kappa shape index (κ2) is 7.78. The van der Waals surface area contributed by atoms with Gasteiger partial charge in [-0.1, -0.05) is 29.0 Å². The maximum Gasteiger partial charge on any atom is 0.292 e. The lowest BCUT2D eigenvalue weighted by molar-refractivity contribution is 0.102. The number of thiazole rings is 1. The van der Waals surface area contributed by atoms with Gasteiger partial charge in [0.15, 0.2) is 10.8 Å². The van der Waals surface area contributed by atoms with Crippen LogP contribution in [-0.2, 0) is 0 Å². The maximum absolute atomic E-state index is 12.3. The highest BCUT2D eigenvalue weighted by Crippen LogP contribution is 2.35. The zero-order chi connectivity index (χ0) is 19.7. The molecule has 3 aromatic rings. The lowest BCUT2D eigenvalue weighted by atomic mass is 10.2. The van der Waals surface area contributed by atoms with E-state index in [1.54, 1.807) is 17.4 Å². The van der Waals surface area contributed by atoms with Gasteiger partial charge in [-0.15, -0.1) is 0 Å². The van der Waals surface area contributed by atoms with Gasteiger partial charge in [-0.2, -0.15) is 4.98 Å². The van der Waals surface area contributed by atoms with E-state index in [2.05, 4.69) is 32.1 Å². The Morgan fingerprint density at radius 2 is 2.11 bits per heavy atom. The Balaban J connectivity index is 1.53. The average Bonchev–Trinajstić information content (AvgIpc) is 3.33. The van der Waals surface area contributed by atoms with Crippen LogP contribution >= 0.6 is 22.9 Å². The average molecular weight is 419 g/mol. The third kappa shape index (κ3) is 3.96. The maximum atomic E-state index is 12.3. The minimum atomic E-state index is -0.443. The fourth-order valence-electron chi connectivity index (χ4n) is 2.89. The number of likely N-dealkylation sites (N-methyl/N-ethyl adjacent to an activating group) is 1. The zero-order valence-corrected chi connectivity index (χ0v) is 16.8. The number of piperazine rings is 1. The number of nitrogens with zero attached hydrogens (tertiary/aromatic N) is 4. The van der Waals surface area contributed by atoms with Crippen molar-refractivity contribution in [2.24, 2.45) is 0 Å². The molecule has 0 spiro atoms. The Morgan fingerprint density at radius 1 is 1.32 bits per heavy atom. The number of carbonyl (C=O) groups is 1. The monoisotopic (exact) mass is 418 g/mol. The number of aromatic nitrogens is 2. The van der Waals surface area contributed by atoms with Crippen LogP contribution in [0.15, 0.2) is 35.1 Å². The number of nitrogens with one attached hydrogen (secondary N) is 1. The summed E-state index contributed by atoms with van der Waals surface area (Å²) >= 11 is 7.88. The fraction of sp³-hybridized carbons (Fsp3) is 0.278. The van der Waals surface area contributed by atoms with E-state index < -0.39 is 5.91 Å². The standard InChI is InChI=1S/C18H19ClN6O2S/c1-24-4-6-25(7-5-24)18-21-9-15(28-18)11-2-3-12(19)13(8-11)22-16(26)14-10-27-17(20)23-14/h2-3,8-10H,4-7H2,1H3,(H2,20,23)(H,22,26). The summed E-state index contributed by atoms with van der Waals surface area (Å²) < 4.78 is 4.87. The number of benzene rings is 1. The number of nitrogen functional groups attached to an aromatic ring is 1. The summed E-state index contributed by atoms with van der Waals surface area (Å²) in [5, 5.41) is 4.17. The second-order valence-corrected chi connectivity index (χ2v) is 7.93. The van der Waals surface area contributed by atoms with E-state index in [1.807, 2.05) is 18.3 Å². The summed E-state index contributed by atoms with van der Waals surface area (Å²) in [5.74, 6) is -0.443. The molecule has 3 heterocycles. The summed E-state index contributed by atoms with van der Waals surface area (Å²) in [6.45, 7) is 3.98. The molecule has 1 aliphatic heterocycles. The molecular formula is C18H19ClN6O2S. The number of nitrogens with two attached hydrogens (primary N) is 1. The summed E-state index contributed by atoms with van der Waals surface area (Å²) in [6, 6.07) is 5.42. The molecule has 1 aromatic carbocycles. The number of anilines is 3. The Labute approximate surface area is 170 Å². The summed E-state index contributed by atoms with van der Waals surface area (Å²) in [4.78, 5) is 26.3. The Bertz CT molecular complexity index is 996. The Morgan fingerprint density at radius 3 is 2.82 bits per heavy atom. The van der Waals surface area contributed by atoms with Crippen molar-refractivity contribution >= 4 is 45.7 Å². The van der Waals surface area contributed by atoms with E-state index in [0.29, 0.717) is 10.7 Å². The first-order valence-corrected chi connectivity index (χ1v) is 9.90. The van der Waals surface area contributed by atoms with Gasteiger partial charge < -0.3 is 25.3 Å². The van der Waals surface area contributed by atoms with Crippen molar-refractivity contribution in [2.75, 3.05) is 49.2 Å². The number of hydrogen-bond acceptors (Lipinski definition) is 8. The first-order valence-electron chi connectivity index (χ1n) is 8.71. The van der Waals surface area contributed by atoms with Crippen molar-refractivity contribution in [1.82, 2.24) is 14.9 Å². The molecule has 2 aromatic heterocycles. The number of halogens is 1. The summed E-state index contributed by atoms with van der Waals surface area (Å²) in [5.41, 5.74) is 6.92. The molecule has 1 saturated heterocycles. The van der Waals surface area contributed by atoms with Crippen LogP contribution in [0.4, 0.5) is 16.8 Å². The fourth-order valence-corrected chi connectivity index (χ4v) is 4.02. The van der Waals surface area contributed by atoms with Gasteiger partial charge in [-0.25, -0.2) is 4.98 Å². The van der Waals surface area contributed by atoms with Crippen LogP contribution in [0.25, 0.3) is 10.4 Å². The number of rotatable bonds is 4. The van der Waals surface area contributed by atoms with Gasteiger partial charge in [0, 0.05) is 32.4 Å². The van der Waals surface area contributed by atoms with Crippen molar-refractivity contribution in [3.8, 4) is 10.4 Å².